The summed E-state index contributed by atoms with van der Waals surface area (Å²) in [7, 11) is 2.19. The van der Waals surface area contributed by atoms with Crippen LogP contribution in [0.1, 0.15) is 0 Å². The van der Waals surface area contributed by atoms with Gasteiger partial charge in [0.25, 0.3) is 0 Å². The fraction of sp³-hybridized carbons (Fsp3) is 0.333. The number of hydrogen-bond donors (Lipinski definition) is 2. The minimum atomic E-state index is 0.897. The molecule has 27 heavy (non-hydrogen) atoms. The van der Waals surface area contributed by atoms with Gasteiger partial charge in [-0.2, -0.15) is 0 Å². The second kappa shape index (κ2) is 6.79. The average molecular weight is 360 g/mol. The lowest BCUT2D eigenvalue weighted by Gasteiger charge is -2.32. The minimum Gasteiger partial charge on any atom is -0.368 e. The van der Waals surface area contributed by atoms with Crippen LogP contribution < -0.4 is 5.32 Å². The average Bonchev–Trinajstić information content (AvgIpc) is 3.08. The summed E-state index contributed by atoms with van der Waals surface area (Å²) >= 11 is 0. The van der Waals surface area contributed by atoms with E-state index in [1.807, 2.05) is 18.5 Å². The van der Waals surface area contributed by atoms with Gasteiger partial charge in [0.05, 0.1) is 5.52 Å². The highest BCUT2D eigenvalue weighted by Crippen LogP contribution is 2.33. The molecular formula is C21H24N6. The maximum atomic E-state index is 4.91. The number of piperazine rings is 1. The second-order valence-electron chi connectivity index (χ2n) is 7.35. The first kappa shape index (κ1) is 16.5. The molecule has 0 unspecified atom stereocenters. The number of pyridine rings is 2. The monoisotopic (exact) mass is 360 g/mol. The van der Waals surface area contributed by atoms with E-state index in [1.54, 1.807) is 0 Å². The number of H-pyrrole nitrogens is 1. The Labute approximate surface area is 158 Å². The van der Waals surface area contributed by atoms with Crippen molar-refractivity contribution in [3.05, 3.63) is 42.7 Å². The van der Waals surface area contributed by atoms with Crippen LogP contribution in [0.3, 0.4) is 0 Å². The minimum absolute atomic E-state index is 0.897. The number of nitrogens with one attached hydrogen (secondary N) is 2. The molecule has 2 N–H and O–H groups in total. The maximum Gasteiger partial charge on any atom is 0.141 e. The number of fused-ring (bicyclic) bond motifs is 5. The van der Waals surface area contributed by atoms with E-state index in [0.717, 1.165) is 72.4 Å². The first-order chi connectivity index (χ1) is 13.3. The van der Waals surface area contributed by atoms with Gasteiger partial charge in [-0.3, -0.25) is 9.88 Å². The number of nitrogens with zero attached hydrogens (tertiary/aromatic N) is 4. The number of aromatic amines is 1. The van der Waals surface area contributed by atoms with Crippen molar-refractivity contribution in [2.24, 2.45) is 0 Å². The fourth-order valence-corrected chi connectivity index (χ4v) is 4.00. The Bertz CT molecular complexity index is 1090. The number of aromatic nitrogens is 3. The van der Waals surface area contributed by atoms with Crippen LogP contribution in [-0.2, 0) is 0 Å². The van der Waals surface area contributed by atoms with Crippen molar-refractivity contribution in [1.29, 1.82) is 0 Å². The zero-order chi connectivity index (χ0) is 18.2. The van der Waals surface area contributed by atoms with Crippen molar-refractivity contribution in [1.82, 2.24) is 24.8 Å². The van der Waals surface area contributed by atoms with Gasteiger partial charge in [0, 0.05) is 67.8 Å². The SMILES string of the molecule is CN1CCN(CCNc2nc3[nH]c4ccncc4c3c3ccccc23)CC1. The third-order valence-corrected chi connectivity index (χ3v) is 5.57. The molecule has 6 nitrogen and oxygen atoms in total. The van der Waals surface area contributed by atoms with Gasteiger partial charge in [-0.25, -0.2) is 4.98 Å². The third kappa shape index (κ3) is 3.01. The smallest absolute Gasteiger partial charge is 0.141 e. The largest absolute Gasteiger partial charge is 0.368 e. The lowest BCUT2D eigenvalue weighted by molar-refractivity contribution is 0.158. The van der Waals surface area contributed by atoms with Crippen LogP contribution in [0.2, 0.25) is 0 Å². The Morgan fingerprint density at radius 3 is 2.70 bits per heavy atom. The molecule has 0 bridgehead atoms. The highest BCUT2D eigenvalue weighted by atomic mass is 15.2. The van der Waals surface area contributed by atoms with Crippen molar-refractivity contribution < 1.29 is 0 Å². The zero-order valence-corrected chi connectivity index (χ0v) is 15.6. The van der Waals surface area contributed by atoms with E-state index >= 15 is 0 Å². The van der Waals surface area contributed by atoms with Gasteiger partial charge in [0.1, 0.15) is 11.5 Å². The highest BCUT2D eigenvalue weighted by Gasteiger charge is 2.15. The molecule has 1 aliphatic heterocycles. The van der Waals surface area contributed by atoms with Gasteiger partial charge in [-0.15, -0.1) is 0 Å². The molecule has 0 atom stereocenters. The molecule has 4 heterocycles. The maximum absolute atomic E-state index is 4.91. The topological polar surface area (TPSA) is 60.1 Å². The quantitative estimate of drug-likeness (QED) is 0.586. The number of rotatable bonds is 4. The van der Waals surface area contributed by atoms with Gasteiger partial charge in [0.15, 0.2) is 0 Å². The van der Waals surface area contributed by atoms with Gasteiger partial charge in [-0.1, -0.05) is 24.3 Å². The fourth-order valence-electron chi connectivity index (χ4n) is 4.00. The molecule has 3 aromatic heterocycles. The van der Waals surface area contributed by atoms with Crippen molar-refractivity contribution >= 4 is 38.5 Å². The van der Waals surface area contributed by atoms with Crippen LogP contribution in [-0.4, -0.2) is 71.1 Å². The standard InChI is InChI=1S/C21H24N6/c1-26-10-12-27(13-11-26)9-8-23-20-16-5-3-2-4-15(16)19-17-14-22-7-6-18(17)24-21(19)25-20/h2-7,14H,8-13H2,1H3,(H2,23,24,25). The van der Waals surface area contributed by atoms with Gasteiger partial charge < -0.3 is 15.2 Å². The Morgan fingerprint density at radius 1 is 1.04 bits per heavy atom. The molecule has 0 aliphatic carbocycles. The van der Waals surface area contributed by atoms with Crippen LogP contribution in [0.25, 0.3) is 32.7 Å². The Morgan fingerprint density at radius 2 is 1.85 bits per heavy atom. The van der Waals surface area contributed by atoms with E-state index < -0.39 is 0 Å². The molecule has 0 saturated carbocycles. The van der Waals surface area contributed by atoms with Crippen LogP contribution in [0.5, 0.6) is 0 Å². The van der Waals surface area contributed by atoms with Gasteiger partial charge >= 0.3 is 0 Å². The summed E-state index contributed by atoms with van der Waals surface area (Å²) < 4.78 is 0. The lowest BCUT2D eigenvalue weighted by Crippen LogP contribution is -2.45. The van der Waals surface area contributed by atoms with Crippen molar-refractivity contribution in [2.45, 2.75) is 0 Å². The number of hydrogen-bond acceptors (Lipinski definition) is 5. The number of benzene rings is 1. The van der Waals surface area contributed by atoms with Crippen LogP contribution >= 0.6 is 0 Å². The molecule has 0 amide bonds. The molecule has 1 fully saturated rings. The predicted octanol–water partition coefficient (Wildman–Crippen LogP) is 2.92. The van der Waals surface area contributed by atoms with Crippen molar-refractivity contribution in [3.63, 3.8) is 0 Å². The summed E-state index contributed by atoms with van der Waals surface area (Å²) in [5.41, 5.74) is 1.99. The third-order valence-electron chi connectivity index (χ3n) is 5.57. The van der Waals surface area contributed by atoms with Crippen molar-refractivity contribution in [3.8, 4) is 0 Å². The van der Waals surface area contributed by atoms with Crippen LogP contribution in [0.4, 0.5) is 5.82 Å². The van der Waals surface area contributed by atoms with Crippen LogP contribution in [0, 0.1) is 0 Å². The van der Waals surface area contributed by atoms with Gasteiger partial charge in [0.2, 0.25) is 0 Å². The molecule has 4 aromatic rings. The van der Waals surface area contributed by atoms with E-state index in [-0.39, 0.29) is 0 Å². The lowest BCUT2D eigenvalue weighted by atomic mass is 10.1. The Balaban J connectivity index is 1.47. The van der Waals surface area contributed by atoms with E-state index in [2.05, 4.69) is 56.4 Å². The summed E-state index contributed by atoms with van der Waals surface area (Å²) in [4.78, 5) is 17.6. The molecule has 0 spiro atoms. The molecule has 138 valence electrons. The summed E-state index contributed by atoms with van der Waals surface area (Å²) in [6.45, 7) is 6.51. The van der Waals surface area contributed by atoms with Crippen molar-refractivity contribution in [2.75, 3.05) is 51.6 Å². The summed E-state index contributed by atoms with van der Waals surface area (Å²) in [5.74, 6) is 0.951. The first-order valence-corrected chi connectivity index (χ1v) is 9.58. The Kier molecular flexibility index (Phi) is 4.14. The predicted molar refractivity (Wildman–Crippen MR) is 111 cm³/mol. The number of likely N-dealkylation sites (N-methyl/N-ethyl adjacent to an activating group) is 1. The first-order valence-electron chi connectivity index (χ1n) is 9.58. The highest BCUT2D eigenvalue weighted by molar-refractivity contribution is 6.20. The molecule has 1 saturated heterocycles. The molecular weight excluding hydrogens is 336 g/mol. The summed E-state index contributed by atoms with van der Waals surface area (Å²) in [6.07, 6.45) is 3.73. The number of anilines is 1. The van der Waals surface area contributed by atoms with Crippen LogP contribution in [0.15, 0.2) is 42.7 Å². The molecule has 6 heteroatoms. The zero-order valence-electron chi connectivity index (χ0n) is 15.6. The normalized spacial score (nSPS) is 16.5. The van der Waals surface area contributed by atoms with E-state index in [9.17, 15) is 0 Å². The molecule has 5 rings (SSSR count). The second-order valence-corrected chi connectivity index (χ2v) is 7.35. The molecule has 0 radical (unpaired) electrons. The van der Waals surface area contributed by atoms with E-state index in [1.165, 1.54) is 5.39 Å². The molecule has 1 aromatic carbocycles. The van der Waals surface area contributed by atoms with E-state index in [4.69, 9.17) is 4.98 Å². The Hall–Kier alpha value is -2.70. The summed E-state index contributed by atoms with van der Waals surface area (Å²) in [5, 5.41) is 8.23. The van der Waals surface area contributed by atoms with Gasteiger partial charge in [-0.05, 0) is 18.5 Å². The van der Waals surface area contributed by atoms with E-state index in [0.29, 0.717) is 0 Å². The molecule has 1 aliphatic rings. The summed E-state index contributed by atoms with van der Waals surface area (Å²) in [6, 6.07) is 10.5.